The van der Waals surface area contributed by atoms with E-state index in [9.17, 15) is 18.4 Å². The highest BCUT2D eigenvalue weighted by atomic mass is 32.1. The van der Waals surface area contributed by atoms with Crippen LogP contribution in [0, 0.1) is 0 Å². The van der Waals surface area contributed by atoms with Crippen LogP contribution in [0.4, 0.5) is 8.78 Å². The van der Waals surface area contributed by atoms with Crippen LogP contribution in [0.2, 0.25) is 0 Å². The van der Waals surface area contributed by atoms with Gasteiger partial charge in [-0.15, -0.1) is 11.3 Å². The second-order valence-electron chi connectivity index (χ2n) is 5.79. The molecule has 1 aromatic carbocycles. The molecule has 3 aromatic rings. The SMILES string of the molecule is O=C(c1cccc2ccsc12)N1CCn2c(nn(CC(F)F)c2=O)C1. The molecule has 1 aliphatic rings. The van der Waals surface area contributed by atoms with Gasteiger partial charge in [0.1, 0.15) is 6.54 Å². The van der Waals surface area contributed by atoms with Crippen LogP contribution < -0.4 is 5.69 Å². The average Bonchev–Trinajstić information content (AvgIpc) is 3.18. The number of rotatable bonds is 3. The number of carbonyl (C=O) groups excluding carboxylic acids is 1. The summed E-state index contributed by atoms with van der Waals surface area (Å²) in [6, 6.07) is 7.51. The number of nitrogens with zero attached hydrogens (tertiary/aromatic N) is 4. The fourth-order valence-electron chi connectivity index (χ4n) is 3.05. The smallest absolute Gasteiger partial charge is 0.329 e. The van der Waals surface area contributed by atoms with Crippen LogP contribution in [-0.4, -0.2) is 38.1 Å². The third-order valence-corrected chi connectivity index (χ3v) is 5.20. The number of carbonyl (C=O) groups is 1. The molecule has 6 nitrogen and oxygen atoms in total. The zero-order valence-electron chi connectivity index (χ0n) is 13.1. The van der Waals surface area contributed by atoms with Crippen LogP contribution in [0.1, 0.15) is 16.2 Å². The molecule has 0 atom stereocenters. The number of thiophene rings is 1. The van der Waals surface area contributed by atoms with Gasteiger partial charge in [-0.2, -0.15) is 5.10 Å². The Bertz CT molecular complexity index is 1010. The predicted octanol–water partition coefficient (Wildman–Crippen LogP) is 2.18. The lowest BCUT2D eigenvalue weighted by Crippen LogP contribution is -2.41. The third-order valence-electron chi connectivity index (χ3n) is 4.23. The zero-order chi connectivity index (χ0) is 17.6. The summed E-state index contributed by atoms with van der Waals surface area (Å²) in [7, 11) is 0. The number of aromatic nitrogens is 3. The first-order valence-corrected chi connectivity index (χ1v) is 8.62. The van der Waals surface area contributed by atoms with Crippen LogP contribution >= 0.6 is 11.3 Å². The molecular weight excluding hydrogens is 350 g/mol. The third kappa shape index (κ3) is 2.74. The van der Waals surface area contributed by atoms with Crippen molar-refractivity contribution in [3.05, 3.63) is 51.5 Å². The van der Waals surface area contributed by atoms with Gasteiger partial charge in [0.15, 0.2) is 5.82 Å². The zero-order valence-corrected chi connectivity index (χ0v) is 13.9. The minimum absolute atomic E-state index is 0.131. The lowest BCUT2D eigenvalue weighted by Gasteiger charge is -2.26. The predicted molar refractivity (Wildman–Crippen MR) is 89.1 cm³/mol. The Labute approximate surface area is 144 Å². The Morgan fingerprint density at radius 3 is 2.92 bits per heavy atom. The van der Waals surface area contributed by atoms with Crippen molar-refractivity contribution in [3.8, 4) is 0 Å². The van der Waals surface area contributed by atoms with Crippen molar-refractivity contribution in [1.82, 2.24) is 19.2 Å². The topological polar surface area (TPSA) is 60.1 Å². The number of hydrogen-bond acceptors (Lipinski definition) is 4. The quantitative estimate of drug-likeness (QED) is 0.716. The maximum absolute atomic E-state index is 12.9. The van der Waals surface area contributed by atoms with Gasteiger partial charge in [0.2, 0.25) is 0 Å². The molecule has 1 aliphatic heterocycles. The van der Waals surface area contributed by atoms with E-state index in [1.165, 1.54) is 15.9 Å². The highest BCUT2D eigenvalue weighted by molar-refractivity contribution is 7.17. The largest absolute Gasteiger partial charge is 0.346 e. The number of alkyl halides is 2. The molecule has 1 amide bonds. The number of fused-ring (bicyclic) bond motifs is 2. The molecule has 0 fully saturated rings. The molecule has 4 rings (SSSR count). The Kier molecular flexibility index (Phi) is 3.87. The minimum atomic E-state index is -2.65. The van der Waals surface area contributed by atoms with Gasteiger partial charge in [-0.05, 0) is 22.9 Å². The molecule has 0 bridgehead atoms. The van der Waals surface area contributed by atoms with Crippen molar-refractivity contribution in [2.75, 3.05) is 6.54 Å². The van der Waals surface area contributed by atoms with Gasteiger partial charge in [-0.3, -0.25) is 9.36 Å². The van der Waals surface area contributed by atoms with E-state index < -0.39 is 18.7 Å². The fourth-order valence-corrected chi connectivity index (χ4v) is 3.96. The van der Waals surface area contributed by atoms with Crippen LogP contribution in [0.5, 0.6) is 0 Å². The van der Waals surface area contributed by atoms with Gasteiger partial charge in [0, 0.05) is 17.8 Å². The molecule has 0 saturated carbocycles. The second kappa shape index (κ2) is 6.07. The second-order valence-corrected chi connectivity index (χ2v) is 6.71. The van der Waals surface area contributed by atoms with E-state index >= 15 is 0 Å². The normalized spacial score (nSPS) is 14.3. The summed E-state index contributed by atoms with van der Waals surface area (Å²) >= 11 is 1.50. The number of halogens is 2. The maximum Gasteiger partial charge on any atom is 0.346 e. The molecular formula is C16H14F2N4O2S. The first kappa shape index (κ1) is 15.9. The molecule has 0 spiro atoms. The van der Waals surface area contributed by atoms with Crippen LogP contribution in [-0.2, 0) is 19.6 Å². The highest BCUT2D eigenvalue weighted by Gasteiger charge is 2.27. The first-order valence-electron chi connectivity index (χ1n) is 7.75. The fraction of sp³-hybridized carbons (Fsp3) is 0.312. The molecule has 130 valence electrons. The average molecular weight is 364 g/mol. The number of hydrogen-bond donors (Lipinski definition) is 0. The van der Waals surface area contributed by atoms with Crippen molar-refractivity contribution in [2.24, 2.45) is 0 Å². The molecule has 0 unspecified atom stereocenters. The van der Waals surface area contributed by atoms with E-state index in [0.29, 0.717) is 17.9 Å². The van der Waals surface area contributed by atoms with E-state index in [1.54, 1.807) is 11.0 Å². The Morgan fingerprint density at radius 2 is 2.12 bits per heavy atom. The maximum atomic E-state index is 12.9. The van der Waals surface area contributed by atoms with Crippen LogP contribution in [0.25, 0.3) is 10.1 Å². The van der Waals surface area contributed by atoms with Crippen LogP contribution in [0.15, 0.2) is 34.4 Å². The van der Waals surface area contributed by atoms with Gasteiger partial charge in [0.25, 0.3) is 12.3 Å². The summed E-state index contributed by atoms with van der Waals surface area (Å²) in [4.78, 5) is 26.5. The monoisotopic (exact) mass is 364 g/mol. The van der Waals surface area contributed by atoms with Gasteiger partial charge >= 0.3 is 5.69 Å². The van der Waals surface area contributed by atoms with E-state index in [1.807, 2.05) is 23.6 Å². The van der Waals surface area contributed by atoms with Crippen LogP contribution in [0.3, 0.4) is 0 Å². The van der Waals surface area contributed by atoms with E-state index in [4.69, 9.17) is 0 Å². The van der Waals surface area contributed by atoms with E-state index in [-0.39, 0.29) is 19.0 Å². The highest BCUT2D eigenvalue weighted by Crippen LogP contribution is 2.26. The Morgan fingerprint density at radius 1 is 1.28 bits per heavy atom. The van der Waals surface area contributed by atoms with E-state index in [0.717, 1.165) is 14.8 Å². The van der Waals surface area contributed by atoms with Crippen molar-refractivity contribution >= 4 is 27.3 Å². The minimum Gasteiger partial charge on any atom is -0.329 e. The summed E-state index contributed by atoms with van der Waals surface area (Å²) < 4.78 is 28.1. The molecule has 0 saturated heterocycles. The lowest BCUT2D eigenvalue weighted by molar-refractivity contribution is 0.0708. The van der Waals surface area contributed by atoms with E-state index in [2.05, 4.69) is 5.10 Å². The first-order chi connectivity index (χ1) is 12.0. The molecule has 25 heavy (non-hydrogen) atoms. The van der Waals surface area contributed by atoms with Crippen molar-refractivity contribution in [3.63, 3.8) is 0 Å². The van der Waals surface area contributed by atoms with Crippen molar-refractivity contribution in [2.45, 2.75) is 26.1 Å². The lowest BCUT2D eigenvalue weighted by atomic mass is 10.1. The molecule has 9 heteroatoms. The molecule has 3 heterocycles. The number of amides is 1. The van der Waals surface area contributed by atoms with Gasteiger partial charge in [-0.1, -0.05) is 12.1 Å². The Hall–Kier alpha value is -2.55. The number of benzene rings is 1. The Balaban J connectivity index is 1.63. The standard InChI is InChI=1S/C16H14F2N4O2S/c17-12(18)8-22-16(24)21-6-5-20(9-13(21)19-22)15(23)11-3-1-2-10-4-7-25-14(10)11/h1-4,7,12H,5-6,8-9H2. The van der Waals surface area contributed by atoms with Crippen molar-refractivity contribution < 1.29 is 13.6 Å². The molecule has 0 N–H and O–H groups in total. The summed E-state index contributed by atoms with van der Waals surface area (Å²) in [5.74, 6) is 0.193. The molecule has 0 aliphatic carbocycles. The summed E-state index contributed by atoms with van der Waals surface area (Å²) in [6.45, 7) is -0.00913. The van der Waals surface area contributed by atoms with Gasteiger partial charge in [-0.25, -0.2) is 18.3 Å². The summed E-state index contributed by atoms with van der Waals surface area (Å²) in [5.41, 5.74) is 0.0538. The van der Waals surface area contributed by atoms with Gasteiger partial charge < -0.3 is 4.90 Å². The summed E-state index contributed by atoms with van der Waals surface area (Å²) in [5, 5.41) is 6.90. The van der Waals surface area contributed by atoms with Crippen molar-refractivity contribution in [1.29, 1.82) is 0 Å². The van der Waals surface area contributed by atoms with Gasteiger partial charge in [0.05, 0.1) is 12.1 Å². The molecule has 2 aromatic heterocycles. The summed E-state index contributed by atoms with van der Waals surface area (Å²) in [6.07, 6.45) is -2.65. The molecule has 0 radical (unpaired) electrons.